The second-order valence-corrected chi connectivity index (χ2v) is 7.35. The van der Waals surface area contributed by atoms with Gasteiger partial charge >= 0.3 is 5.63 Å². The van der Waals surface area contributed by atoms with Crippen molar-refractivity contribution in [3.05, 3.63) is 98.3 Å². The molecular formula is C23H16Cl2O3. The number of fused-ring (bicyclic) bond motifs is 1. The van der Waals surface area contributed by atoms with E-state index in [0.717, 1.165) is 27.6 Å². The van der Waals surface area contributed by atoms with E-state index >= 15 is 0 Å². The average Bonchev–Trinajstić information content (AvgIpc) is 2.66. The van der Waals surface area contributed by atoms with E-state index in [-0.39, 0.29) is 6.61 Å². The number of ether oxygens (including phenoxy) is 1. The highest BCUT2D eigenvalue weighted by Crippen LogP contribution is 2.36. The van der Waals surface area contributed by atoms with Crippen LogP contribution in [0.5, 0.6) is 5.75 Å². The summed E-state index contributed by atoms with van der Waals surface area (Å²) in [7, 11) is 0. The summed E-state index contributed by atoms with van der Waals surface area (Å²) in [4.78, 5) is 12.1. The van der Waals surface area contributed by atoms with Crippen molar-refractivity contribution in [2.24, 2.45) is 0 Å². The highest BCUT2D eigenvalue weighted by molar-refractivity contribution is 6.35. The molecule has 3 nitrogen and oxygen atoms in total. The molecule has 28 heavy (non-hydrogen) atoms. The fourth-order valence-electron chi connectivity index (χ4n) is 3.15. The molecule has 0 saturated carbocycles. The number of rotatable bonds is 4. The van der Waals surface area contributed by atoms with Crippen LogP contribution in [0.3, 0.4) is 0 Å². The van der Waals surface area contributed by atoms with Crippen molar-refractivity contribution in [3.8, 4) is 16.9 Å². The highest BCUT2D eigenvalue weighted by Gasteiger charge is 2.15. The molecule has 1 aromatic heterocycles. The minimum atomic E-state index is -0.399. The van der Waals surface area contributed by atoms with Crippen LogP contribution < -0.4 is 10.4 Å². The summed E-state index contributed by atoms with van der Waals surface area (Å²) in [6, 6.07) is 20.2. The molecule has 0 radical (unpaired) electrons. The van der Waals surface area contributed by atoms with Gasteiger partial charge in [0.05, 0.1) is 5.39 Å². The first-order chi connectivity index (χ1) is 13.5. The Kier molecular flexibility index (Phi) is 5.12. The number of hydrogen-bond donors (Lipinski definition) is 0. The van der Waals surface area contributed by atoms with Gasteiger partial charge in [-0.2, -0.15) is 0 Å². The highest BCUT2D eigenvalue weighted by atomic mass is 35.5. The van der Waals surface area contributed by atoms with Crippen LogP contribution in [0.4, 0.5) is 0 Å². The molecule has 0 atom stereocenters. The predicted molar refractivity (Wildman–Crippen MR) is 113 cm³/mol. The quantitative estimate of drug-likeness (QED) is 0.353. The summed E-state index contributed by atoms with van der Waals surface area (Å²) in [5.74, 6) is 0.628. The summed E-state index contributed by atoms with van der Waals surface area (Å²) in [5, 5.41) is 1.86. The van der Waals surface area contributed by atoms with Crippen LogP contribution in [0.25, 0.3) is 22.1 Å². The third-order valence-corrected chi connectivity index (χ3v) is 5.02. The van der Waals surface area contributed by atoms with Crippen molar-refractivity contribution in [2.45, 2.75) is 13.5 Å². The Labute approximate surface area is 172 Å². The first kappa shape index (κ1) is 18.6. The van der Waals surface area contributed by atoms with Gasteiger partial charge in [0.15, 0.2) is 0 Å². The maximum atomic E-state index is 12.1. The lowest BCUT2D eigenvalue weighted by molar-refractivity contribution is 0.309. The third-order valence-electron chi connectivity index (χ3n) is 4.44. The Balaban J connectivity index is 1.84. The lowest BCUT2D eigenvalue weighted by Crippen LogP contribution is -2.02. The van der Waals surface area contributed by atoms with Crippen molar-refractivity contribution in [2.75, 3.05) is 0 Å². The molecule has 0 spiro atoms. The lowest BCUT2D eigenvalue weighted by atomic mass is 10.0. The van der Waals surface area contributed by atoms with Gasteiger partial charge in [0.25, 0.3) is 0 Å². The third kappa shape index (κ3) is 3.77. The molecule has 0 amide bonds. The first-order valence-electron chi connectivity index (χ1n) is 8.72. The summed E-state index contributed by atoms with van der Waals surface area (Å²) in [6.07, 6.45) is 0. The average molecular weight is 411 g/mol. The van der Waals surface area contributed by atoms with Gasteiger partial charge in [-0.15, -0.1) is 0 Å². The smallest absolute Gasteiger partial charge is 0.336 e. The first-order valence-corrected chi connectivity index (χ1v) is 9.47. The molecule has 0 fully saturated rings. The van der Waals surface area contributed by atoms with E-state index in [1.165, 1.54) is 6.07 Å². The van der Waals surface area contributed by atoms with E-state index in [2.05, 4.69) is 0 Å². The minimum absolute atomic E-state index is 0.266. The van der Waals surface area contributed by atoms with Gasteiger partial charge in [-0.25, -0.2) is 4.79 Å². The van der Waals surface area contributed by atoms with E-state index in [9.17, 15) is 4.79 Å². The van der Waals surface area contributed by atoms with Crippen LogP contribution in [0, 0.1) is 6.92 Å². The Morgan fingerprint density at radius 3 is 2.50 bits per heavy atom. The zero-order chi connectivity index (χ0) is 19.7. The number of benzene rings is 3. The van der Waals surface area contributed by atoms with Gasteiger partial charge in [-0.1, -0.05) is 59.6 Å². The van der Waals surface area contributed by atoms with E-state index < -0.39 is 5.63 Å². The fraction of sp³-hybridized carbons (Fsp3) is 0.0870. The SMILES string of the molecule is Cc1cc(OCc2ccc(Cl)cc2Cl)c2c(-c3ccccc3)cc(=O)oc2c1. The maximum Gasteiger partial charge on any atom is 0.336 e. The largest absolute Gasteiger partial charge is 0.488 e. The van der Waals surface area contributed by atoms with Gasteiger partial charge in [0, 0.05) is 27.2 Å². The van der Waals surface area contributed by atoms with Gasteiger partial charge < -0.3 is 9.15 Å². The van der Waals surface area contributed by atoms with Gasteiger partial charge in [0.2, 0.25) is 0 Å². The zero-order valence-electron chi connectivity index (χ0n) is 15.0. The van der Waals surface area contributed by atoms with E-state index in [0.29, 0.717) is 21.4 Å². The number of hydrogen-bond acceptors (Lipinski definition) is 3. The Hall–Kier alpha value is -2.75. The molecule has 4 rings (SSSR count). The summed E-state index contributed by atoms with van der Waals surface area (Å²) < 4.78 is 11.6. The monoisotopic (exact) mass is 410 g/mol. The minimum Gasteiger partial charge on any atom is -0.488 e. The summed E-state index contributed by atoms with van der Waals surface area (Å²) in [6.45, 7) is 2.19. The van der Waals surface area contributed by atoms with Crippen LogP contribution in [-0.2, 0) is 6.61 Å². The standard InChI is InChI=1S/C23H16Cl2O3/c1-14-9-20(27-13-16-7-8-17(24)11-19(16)25)23-18(15-5-3-2-4-6-15)12-22(26)28-21(23)10-14/h2-12H,13H2,1H3. The molecule has 0 aliphatic carbocycles. The Morgan fingerprint density at radius 1 is 0.964 bits per heavy atom. The maximum absolute atomic E-state index is 12.1. The zero-order valence-corrected chi connectivity index (χ0v) is 16.6. The normalized spacial score (nSPS) is 11.0. The predicted octanol–water partition coefficient (Wildman–Crippen LogP) is 6.65. The van der Waals surface area contributed by atoms with Gasteiger partial charge in [-0.3, -0.25) is 0 Å². The topological polar surface area (TPSA) is 39.4 Å². The molecule has 0 aliphatic heterocycles. The van der Waals surface area contributed by atoms with Crippen LogP contribution in [0.2, 0.25) is 10.0 Å². The fourth-order valence-corrected chi connectivity index (χ4v) is 3.61. The second kappa shape index (κ2) is 7.70. The molecule has 3 aromatic carbocycles. The Bertz CT molecular complexity index is 1210. The number of aryl methyl sites for hydroxylation is 1. The molecule has 4 aromatic rings. The van der Waals surface area contributed by atoms with Gasteiger partial charge in [-0.05, 0) is 42.3 Å². The van der Waals surface area contributed by atoms with E-state index in [4.69, 9.17) is 32.4 Å². The molecule has 0 saturated heterocycles. The number of halogens is 2. The molecule has 5 heteroatoms. The van der Waals surface area contributed by atoms with Crippen molar-refractivity contribution in [1.82, 2.24) is 0 Å². The van der Waals surface area contributed by atoms with Crippen LogP contribution in [-0.4, -0.2) is 0 Å². The molecule has 1 heterocycles. The van der Waals surface area contributed by atoms with Crippen molar-refractivity contribution in [1.29, 1.82) is 0 Å². The van der Waals surface area contributed by atoms with Gasteiger partial charge in [0.1, 0.15) is 17.9 Å². The van der Waals surface area contributed by atoms with Crippen LogP contribution in [0.1, 0.15) is 11.1 Å². The van der Waals surface area contributed by atoms with E-state index in [1.54, 1.807) is 12.1 Å². The summed E-state index contributed by atoms with van der Waals surface area (Å²) in [5.41, 5.74) is 3.52. The van der Waals surface area contributed by atoms with Crippen molar-refractivity contribution < 1.29 is 9.15 Å². The van der Waals surface area contributed by atoms with Crippen molar-refractivity contribution in [3.63, 3.8) is 0 Å². The molecule has 0 N–H and O–H groups in total. The Morgan fingerprint density at radius 2 is 1.75 bits per heavy atom. The molecular weight excluding hydrogens is 395 g/mol. The molecule has 0 bridgehead atoms. The lowest BCUT2D eigenvalue weighted by Gasteiger charge is -2.14. The molecule has 140 valence electrons. The van der Waals surface area contributed by atoms with Crippen LogP contribution in [0.15, 0.2) is 75.9 Å². The summed E-state index contributed by atoms with van der Waals surface area (Å²) >= 11 is 12.2. The second-order valence-electron chi connectivity index (χ2n) is 6.51. The molecule has 0 unspecified atom stereocenters. The van der Waals surface area contributed by atoms with Crippen LogP contribution >= 0.6 is 23.2 Å². The van der Waals surface area contributed by atoms with Crippen molar-refractivity contribution >= 4 is 34.2 Å². The van der Waals surface area contributed by atoms with E-state index in [1.807, 2.05) is 55.5 Å². The molecule has 0 aliphatic rings.